The van der Waals surface area contributed by atoms with Crippen molar-refractivity contribution in [3.63, 3.8) is 0 Å². The van der Waals surface area contributed by atoms with Gasteiger partial charge in [0.1, 0.15) is 0 Å². The van der Waals surface area contributed by atoms with Gasteiger partial charge in [0, 0.05) is 19.6 Å². The summed E-state index contributed by atoms with van der Waals surface area (Å²) in [5.41, 5.74) is 1.28. The summed E-state index contributed by atoms with van der Waals surface area (Å²) in [5, 5.41) is 0. The summed E-state index contributed by atoms with van der Waals surface area (Å²) in [6.45, 7) is 5.46. The highest BCUT2D eigenvalue weighted by atomic mass is 15.2. The van der Waals surface area contributed by atoms with E-state index in [0.717, 1.165) is 32.7 Å². The zero-order chi connectivity index (χ0) is 11.2. The maximum atomic E-state index is 3.95. The normalized spacial score (nSPS) is 19.3. The van der Waals surface area contributed by atoms with Crippen LogP contribution in [0.2, 0.25) is 0 Å². The standard InChI is InChI=1S/C14H19N2/c1-15-10-12-16(13-11-15)9-5-8-14-6-3-2-4-7-14/h2-8H,1,9-13H2/q-1/b8-5+. The van der Waals surface area contributed by atoms with Crippen molar-refractivity contribution in [1.29, 1.82) is 0 Å². The molecule has 16 heavy (non-hydrogen) atoms. The fraction of sp³-hybridized carbons (Fsp3) is 0.357. The van der Waals surface area contributed by atoms with Gasteiger partial charge in [-0.15, -0.1) is 0 Å². The molecular weight excluding hydrogens is 196 g/mol. The molecule has 0 bridgehead atoms. The number of benzene rings is 1. The predicted octanol–water partition coefficient (Wildman–Crippen LogP) is 2.11. The van der Waals surface area contributed by atoms with E-state index in [1.165, 1.54) is 5.56 Å². The van der Waals surface area contributed by atoms with E-state index in [1.54, 1.807) is 0 Å². The zero-order valence-corrected chi connectivity index (χ0v) is 9.68. The molecule has 0 spiro atoms. The topological polar surface area (TPSA) is 6.48 Å². The van der Waals surface area contributed by atoms with Crippen LogP contribution in [0.4, 0.5) is 0 Å². The molecule has 0 atom stereocenters. The van der Waals surface area contributed by atoms with Crippen molar-refractivity contribution in [3.05, 3.63) is 49.0 Å². The molecule has 2 heteroatoms. The maximum absolute atomic E-state index is 3.95. The molecule has 2 nitrogen and oxygen atoms in total. The van der Waals surface area contributed by atoms with Crippen LogP contribution in [0.15, 0.2) is 36.4 Å². The Kier molecular flexibility index (Phi) is 4.14. The minimum atomic E-state index is 1.04. The highest BCUT2D eigenvalue weighted by Crippen LogP contribution is 2.03. The average molecular weight is 215 g/mol. The Labute approximate surface area is 98.2 Å². The smallest absolute Gasteiger partial charge is 0.0167 e. The van der Waals surface area contributed by atoms with E-state index in [0.29, 0.717) is 0 Å². The molecule has 1 aromatic rings. The van der Waals surface area contributed by atoms with Crippen molar-refractivity contribution in [2.45, 2.75) is 0 Å². The third-order valence-electron chi connectivity index (χ3n) is 2.94. The van der Waals surface area contributed by atoms with Crippen LogP contribution >= 0.6 is 0 Å². The van der Waals surface area contributed by atoms with E-state index < -0.39 is 0 Å². The molecule has 1 aliphatic heterocycles. The summed E-state index contributed by atoms with van der Waals surface area (Å²) in [6, 6.07) is 10.4. The van der Waals surface area contributed by atoms with Crippen molar-refractivity contribution in [2.24, 2.45) is 0 Å². The van der Waals surface area contributed by atoms with Crippen LogP contribution in [-0.2, 0) is 0 Å². The number of hydrogen-bond donors (Lipinski definition) is 0. The molecular formula is C14H19N2-. The molecule has 0 N–H and O–H groups in total. The van der Waals surface area contributed by atoms with E-state index in [9.17, 15) is 0 Å². The second kappa shape index (κ2) is 5.83. The lowest BCUT2D eigenvalue weighted by Crippen LogP contribution is -2.43. The molecule has 0 amide bonds. The minimum Gasteiger partial charge on any atom is -0.457 e. The first-order valence-electron chi connectivity index (χ1n) is 5.84. The largest absolute Gasteiger partial charge is 0.457 e. The molecule has 1 saturated heterocycles. The molecule has 0 aromatic heterocycles. The first-order valence-corrected chi connectivity index (χ1v) is 5.84. The van der Waals surface area contributed by atoms with E-state index in [2.05, 4.69) is 53.3 Å². The van der Waals surface area contributed by atoms with Gasteiger partial charge in [0.25, 0.3) is 0 Å². The van der Waals surface area contributed by atoms with Crippen molar-refractivity contribution < 1.29 is 0 Å². The van der Waals surface area contributed by atoms with Gasteiger partial charge < -0.3 is 4.90 Å². The lowest BCUT2D eigenvalue weighted by atomic mass is 10.2. The van der Waals surface area contributed by atoms with E-state index in [4.69, 9.17) is 0 Å². The third kappa shape index (κ3) is 3.47. The van der Waals surface area contributed by atoms with Crippen LogP contribution in [0.1, 0.15) is 5.56 Å². The van der Waals surface area contributed by atoms with Gasteiger partial charge in [-0.1, -0.05) is 42.5 Å². The van der Waals surface area contributed by atoms with E-state index >= 15 is 0 Å². The Bertz CT molecular complexity index is 324. The van der Waals surface area contributed by atoms with Crippen molar-refractivity contribution in [2.75, 3.05) is 32.7 Å². The number of piperazine rings is 1. The van der Waals surface area contributed by atoms with Crippen molar-refractivity contribution in [1.82, 2.24) is 9.80 Å². The van der Waals surface area contributed by atoms with Crippen LogP contribution in [-0.4, -0.2) is 42.5 Å². The molecule has 0 saturated carbocycles. The first-order chi connectivity index (χ1) is 7.84. The molecule has 0 unspecified atom stereocenters. The number of nitrogens with zero attached hydrogens (tertiary/aromatic N) is 2. The summed E-state index contributed by atoms with van der Waals surface area (Å²) in [6.07, 6.45) is 4.44. The molecule has 0 radical (unpaired) electrons. The highest BCUT2D eigenvalue weighted by molar-refractivity contribution is 5.48. The highest BCUT2D eigenvalue weighted by Gasteiger charge is 2.08. The quantitative estimate of drug-likeness (QED) is 0.713. The van der Waals surface area contributed by atoms with Gasteiger partial charge in [-0.2, -0.15) is 0 Å². The van der Waals surface area contributed by atoms with Gasteiger partial charge in [-0.3, -0.25) is 11.9 Å². The van der Waals surface area contributed by atoms with Crippen molar-refractivity contribution >= 4 is 6.08 Å². The van der Waals surface area contributed by atoms with E-state index in [-0.39, 0.29) is 0 Å². The third-order valence-corrected chi connectivity index (χ3v) is 2.94. The summed E-state index contributed by atoms with van der Waals surface area (Å²) in [7, 11) is 3.95. The molecule has 1 fully saturated rings. The Morgan fingerprint density at radius 2 is 1.75 bits per heavy atom. The van der Waals surface area contributed by atoms with Crippen LogP contribution in [0.25, 0.3) is 6.08 Å². The molecule has 1 aromatic carbocycles. The fourth-order valence-corrected chi connectivity index (χ4v) is 1.87. The first kappa shape index (κ1) is 11.4. The van der Waals surface area contributed by atoms with Crippen LogP contribution in [0, 0.1) is 7.05 Å². The second-order valence-corrected chi connectivity index (χ2v) is 4.23. The fourth-order valence-electron chi connectivity index (χ4n) is 1.87. The number of rotatable bonds is 3. The average Bonchev–Trinajstić information content (AvgIpc) is 2.33. The van der Waals surface area contributed by atoms with Crippen LogP contribution < -0.4 is 0 Å². The molecule has 1 heterocycles. The Morgan fingerprint density at radius 3 is 2.44 bits per heavy atom. The van der Waals surface area contributed by atoms with Gasteiger partial charge in [-0.05, 0) is 18.7 Å². The summed E-state index contributed by atoms with van der Waals surface area (Å²) in [5.74, 6) is 0. The molecule has 1 aliphatic rings. The zero-order valence-electron chi connectivity index (χ0n) is 9.68. The summed E-state index contributed by atoms with van der Waals surface area (Å²) < 4.78 is 0. The monoisotopic (exact) mass is 215 g/mol. The molecule has 2 rings (SSSR count). The Balaban J connectivity index is 1.77. The Morgan fingerprint density at radius 1 is 1.06 bits per heavy atom. The molecule has 0 aliphatic carbocycles. The van der Waals surface area contributed by atoms with Crippen LogP contribution in [0.3, 0.4) is 0 Å². The van der Waals surface area contributed by atoms with Gasteiger partial charge >= 0.3 is 0 Å². The molecule has 86 valence electrons. The SMILES string of the molecule is [CH2-]N1CCN(C/C=C/c2ccccc2)CC1. The summed E-state index contributed by atoms with van der Waals surface area (Å²) in [4.78, 5) is 4.60. The predicted molar refractivity (Wildman–Crippen MR) is 68.8 cm³/mol. The van der Waals surface area contributed by atoms with Gasteiger partial charge in [0.15, 0.2) is 0 Å². The summed E-state index contributed by atoms with van der Waals surface area (Å²) >= 11 is 0. The van der Waals surface area contributed by atoms with Crippen LogP contribution in [0.5, 0.6) is 0 Å². The second-order valence-electron chi connectivity index (χ2n) is 4.23. The maximum Gasteiger partial charge on any atom is 0.0167 e. The lowest BCUT2D eigenvalue weighted by molar-refractivity contribution is 0.180. The van der Waals surface area contributed by atoms with Gasteiger partial charge in [0.2, 0.25) is 0 Å². The van der Waals surface area contributed by atoms with Gasteiger partial charge in [-0.25, -0.2) is 0 Å². The number of hydrogen-bond acceptors (Lipinski definition) is 2. The van der Waals surface area contributed by atoms with Gasteiger partial charge in [0.05, 0.1) is 0 Å². The lowest BCUT2D eigenvalue weighted by Gasteiger charge is -2.36. The minimum absolute atomic E-state index is 1.04. The Hall–Kier alpha value is -1.12. The van der Waals surface area contributed by atoms with E-state index in [1.807, 2.05) is 6.07 Å². The van der Waals surface area contributed by atoms with Crippen molar-refractivity contribution in [3.8, 4) is 0 Å².